The predicted molar refractivity (Wildman–Crippen MR) is 141 cm³/mol. The van der Waals surface area contributed by atoms with Gasteiger partial charge in [-0.3, -0.25) is 4.79 Å². The first-order chi connectivity index (χ1) is 15.8. The molecule has 0 aliphatic carbocycles. The zero-order valence-corrected chi connectivity index (χ0v) is 21.6. The molecule has 0 radical (unpaired) electrons. The van der Waals surface area contributed by atoms with Crippen molar-refractivity contribution in [3.8, 4) is 0 Å². The minimum Gasteiger partial charge on any atom is -0.371 e. The van der Waals surface area contributed by atoms with E-state index in [-0.39, 0.29) is 5.91 Å². The van der Waals surface area contributed by atoms with Crippen LogP contribution in [-0.4, -0.2) is 24.0 Å². The van der Waals surface area contributed by atoms with Gasteiger partial charge in [-0.1, -0.05) is 49.6 Å². The second kappa shape index (κ2) is 11.6. The number of carbonyl (C=O) groups excluding carboxylic acids is 1. The molecule has 33 heavy (non-hydrogen) atoms. The Labute approximate surface area is 205 Å². The maximum Gasteiger partial charge on any atom is 0.231 e. The van der Waals surface area contributed by atoms with Gasteiger partial charge in [-0.2, -0.15) is 0 Å². The highest BCUT2D eigenvalue weighted by atomic mass is 35.5. The van der Waals surface area contributed by atoms with E-state index in [1.54, 1.807) is 0 Å². The summed E-state index contributed by atoms with van der Waals surface area (Å²) in [5.41, 5.74) is 4.30. The fraction of sp³-hybridized carbons (Fsp3) is 0.440. The van der Waals surface area contributed by atoms with Gasteiger partial charge in [-0.15, -0.1) is 10.2 Å². The minimum absolute atomic E-state index is 0.143. The molecule has 0 bridgehead atoms. The number of aromatic nitrogens is 1. The van der Waals surface area contributed by atoms with Crippen LogP contribution in [0.15, 0.2) is 40.6 Å². The third-order valence-corrected chi connectivity index (χ3v) is 6.65. The lowest BCUT2D eigenvalue weighted by molar-refractivity contribution is -0.114. The van der Waals surface area contributed by atoms with Crippen molar-refractivity contribution in [2.75, 3.05) is 23.3 Å². The van der Waals surface area contributed by atoms with Crippen LogP contribution in [0.2, 0.25) is 5.02 Å². The predicted octanol–water partition coefficient (Wildman–Crippen LogP) is 8.28. The van der Waals surface area contributed by atoms with E-state index in [4.69, 9.17) is 11.6 Å². The van der Waals surface area contributed by atoms with Gasteiger partial charge in [0.15, 0.2) is 0 Å². The molecule has 0 spiro atoms. The molecule has 1 heterocycles. The third-order valence-electron chi connectivity index (χ3n) is 5.51. The summed E-state index contributed by atoms with van der Waals surface area (Å²) in [6.07, 6.45) is 3.67. The Hall–Kier alpha value is -2.51. The summed E-state index contributed by atoms with van der Waals surface area (Å²) in [6, 6.07) is 9.54. The van der Waals surface area contributed by atoms with E-state index in [9.17, 15) is 4.79 Å². The number of benzene rings is 2. The van der Waals surface area contributed by atoms with Crippen LogP contribution in [-0.2, 0) is 4.79 Å². The molecule has 0 saturated heterocycles. The molecule has 1 N–H and O–H groups in total. The molecule has 0 aliphatic heterocycles. The average molecular weight is 486 g/mol. The van der Waals surface area contributed by atoms with Crippen molar-refractivity contribution in [2.24, 2.45) is 16.1 Å². The molecule has 1 amide bonds. The van der Waals surface area contributed by atoms with E-state index in [2.05, 4.69) is 53.1 Å². The van der Waals surface area contributed by atoms with Crippen molar-refractivity contribution in [1.82, 2.24) is 4.98 Å². The van der Waals surface area contributed by atoms with Crippen LogP contribution in [0.25, 0.3) is 10.2 Å². The number of halogens is 1. The number of nitrogens with zero attached hydrogens (tertiary/aromatic N) is 4. The largest absolute Gasteiger partial charge is 0.371 e. The molecule has 1 unspecified atom stereocenters. The second-order valence-corrected chi connectivity index (χ2v) is 9.88. The molecule has 3 rings (SSSR count). The van der Waals surface area contributed by atoms with Crippen molar-refractivity contribution < 1.29 is 4.79 Å². The van der Waals surface area contributed by atoms with E-state index in [1.165, 1.54) is 37.5 Å². The van der Waals surface area contributed by atoms with Gasteiger partial charge in [0.2, 0.25) is 11.0 Å². The highest BCUT2D eigenvalue weighted by molar-refractivity contribution is 7.21. The molecule has 0 fully saturated rings. The van der Waals surface area contributed by atoms with Gasteiger partial charge in [-0.05, 0) is 62.1 Å². The molecular weight excluding hydrogens is 454 g/mol. The highest BCUT2D eigenvalue weighted by Crippen LogP contribution is 2.36. The van der Waals surface area contributed by atoms with Crippen molar-refractivity contribution in [3.63, 3.8) is 0 Å². The van der Waals surface area contributed by atoms with Crippen LogP contribution >= 0.6 is 22.9 Å². The van der Waals surface area contributed by atoms with Crippen molar-refractivity contribution in [1.29, 1.82) is 0 Å². The normalized spacial score (nSPS) is 12.4. The Morgan fingerprint density at radius 1 is 1.24 bits per heavy atom. The van der Waals surface area contributed by atoms with Gasteiger partial charge in [0, 0.05) is 30.7 Å². The number of carbonyl (C=O) groups is 1. The zero-order valence-electron chi connectivity index (χ0n) is 20.0. The molecule has 1 atom stereocenters. The summed E-state index contributed by atoms with van der Waals surface area (Å²) in [5, 5.41) is 12.9. The van der Waals surface area contributed by atoms with Crippen LogP contribution in [0.4, 0.5) is 22.2 Å². The molecule has 1 aromatic heterocycles. The summed E-state index contributed by atoms with van der Waals surface area (Å²) < 4.78 is 0.959. The number of aryl methyl sites for hydroxylation is 1. The number of azo groups is 1. The topological polar surface area (TPSA) is 70.0 Å². The maximum atomic E-state index is 11.9. The minimum atomic E-state index is -0.143. The number of nitrogens with one attached hydrogen (secondary N) is 1. The molecule has 0 aliphatic rings. The quantitative estimate of drug-likeness (QED) is 0.293. The molecule has 0 saturated carbocycles. The Balaban J connectivity index is 1.91. The first-order valence-corrected chi connectivity index (χ1v) is 12.6. The van der Waals surface area contributed by atoms with E-state index in [1.807, 2.05) is 30.3 Å². The Kier molecular flexibility index (Phi) is 8.80. The summed E-state index contributed by atoms with van der Waals surface area (Å²) in [6.45, 7) is 12.1. The van der Waals surface area contributed by atoms with Crippen LogP contribution in [0, 0.1) is 12.8 Å². The van der Waals surface area contributed by atoms with E-state index < -0.39 is 0 Å². The third kappa shape index (κ3) is 6.74. The van der Waals surface area contributed by atoms with Crippen LogP contribution in [0.3, 0.4) is 0 Å². The Morgan fingerprint density at radius 3 is 2.73 bits per heavy atom. The molecule has 2 aromatic carbocycles. The van der Waals surface area contributed by atoms with Gasteiger partial charge >= 0.3 is 0 Å². The lowest BCUT2D eigenvalue weighted by Gasteiger charge is -2.29. The first kappa shape index (κ1) is 25.1. The van der Waals surface area contributed by atoms with Gasteiger partial charge in [0.25, 0.3) is 0 Å². The van der Waals surface area contributed by atoms with Gasteiger partial charge in [0.1, 0.15) is 5.69 Å². The average Bonchev–Trinajstić information content (AvgIpc) is 3.17. The maximum absolute atomic E-state index is 11.9. The second-order valence-electron chi connectivity index (χ2n) is 8.43. The van der Waals surface area contributed by atoms with Crippen molar-refractivity contribution >= 4 is 61.3 Å². The van der Waals surface area contributed by atoms with Crippen molar-refractivity contribution in [2.45, 2.75) is 53.9 Å². The highest BCUT2D eigenvalue weighted by Gasteiger charge is 2.16. The fourth-order valence-electron chi connectivity index (χ4n) is 3.84. The van der Waals surface area contributed by atoms with Crippen LogP contribution < -0.4 is 10.2 Å². The summed E-state index contributed by atoms with van der Waals surface area (Å²) in [5.74, 6) is 0.454. The number of hydrogen-bond acceptors (Lipinski definition) is 6. The van der Waals surface area contributed by atoms with Crippen LogP contribution in [0.5, 0.6) is 0 Å². The van der Waals surface area contributed by atoms with E-state index in [0.29, 0.717) is 27.4 Å². The monoisotopic (exact) mass is 485 g/mol. The molecule has 3 aromatic rings. The Morgan fingerprint density at radius 2 is 2.03 bits per heavy atom. The van der Waals surface area contributed by atoms with Gasteiger partial charge < -0.3 is 10.2 Å². The number of anilines is 2. The fourth-order valence-corrected chi connectivity index (χ4v) is 4.90. The number of hydrogen-bond donors (Lipinski definition) is 1. The smallest absolute Gasteiger partial charge is 0.231 e. The lowest BCUT2D eigenvalue weighted by Crippen LogP contribution is -2.29. The van der Waals surface area contributed by atoms with E-state index in [0.717, 1.165) is 34.6 Å². The van der Waals surface area contributed by atoms with Gasteiger partial charge in [-0.25, -0.2) is 4.98 Å². The Bertz CT molecular complexity index is 1140. The summed E-state index contributed by atoms with van der Waals surface area (Å²) >= 11 is 7.50. The molecule has 6 nitrogen and oxygen atoms in total. The standard InChI is InChI=1S/C25H32ClN5OS/c1-6-8-9-16(3)15-31(7-2)23-14-21(27-18(5)32)22(12-17(23)4)29-30-25-28-20-11-10-19(26)13-24(20)33-25/h10-14,16H,6-9,15H2,1-5H3,(H,27,32). The number of amides is 1. The number of thiazole rings is 1. The summed E-state index contributed by atoms with van der Waals surface area (Å²) in [7, 11) is 0. The summed E-state index contributed by atoms with van der Waals surface area (Å²) in [4.78, 5) is 18.8. The number of unbranched alkanes of at least 4 members (excludes halogenated alkanes) is 1. The molecule has 8 heteroatoms. The first-order valence-electron chi connectivity index (χ1n) is 11.5. The van der Waals surface area contributed by atoms with E-state index >= 15 is 0 Å². The number of fused-ring (bicyclic) bond motifs is 1. The molecular formula is C25H32ClN5OS. The SMILES string of the molecule is CCCCC(C)CN(CC)c1cc(NC(C)=O)c(N=Nc2nc3ccc(Cl)cc3s2)cc1C. The zero-order chi connectivity index (χ0) is 24.0. The lowest BCUT2D eigenvalue weighted by atomic mass is 10.0. The van der Waals surface area contributed by atoms with Gasteiger partial charge in [0.05, 0.1) is 15.9 Å². The van der Waals surface area contributed by atoms with Crippen LogP contribution in [0.1, 0.15) is 52.5 Å². The molecule has 176 valence electrons. The van der Waals surface area contributed by atoms with Crippen molar-refractivity contribution in [3.05, 3.63) is 40.9 Å². The number of rotatable bonds is 10.